The number of hydrogen-bond donors (Lipinski definition) is 2. The SMILES string of the molecule is C=CC1=C(C(=O)[O-])N2C(=O)C(CC(=O)/C(=N\O)c3csc(N)n3)C2SC1.[CH3+]. The van der Waals surface area contributed by atoms with Crippen molar-refractivity contribution in [3.63, 3.8) is 0 Å². The summed E-state index contributed by atoms with van der Waals surface area (Å²) < 4.78 is 0. The van der Waals surface area contributed by atoms with Gasteiger partial charge in [0.25, 0.3) is 0 Å². The Morgan fingerprint density at radius 2 is 2.26 bits per heavy atom. The molecule has 11 heteroatoms. The van der Waals surface area contributed by atoms with E-state index in [2.05, 4.69) is 16.7 Å². The molecule has 27 heavy (non-hydrogen) atoms. The number of nitrogens with two attached hydrogens (primary N) is 1. The van der Waals surface area contributed by atoms with Crippen molar-refractivity contribution in [2.24, 2.45) is 11.1 Å². The van der Waals surface area contributed by atoms with Crippen LogP contribution in [0.4, 0.5) is 5.13 Å². The minimum atomic E-state index is -1.46. The average molecular weight is 408 g/mol. The summed E-state index contributed by atoms with van der Waals surface area (Å²) in [6, 6.07) is 0. The number of allylic oxidation sites excluding steroid dienone is 1. The minimum absolute atomic E-state index is 0. The number of fused-ring (bicyclic) bond motifs is 1. The first-order valence-corrected chi connectivity index (χ1v) is 9.30. The van der Waals surface area contributed by atoms with Gasteiger partial charge in [-0.15, -0.1) is 23.1 Å². The van der Waals surface area contributed by atoms with Crippen molar-refractivity contribution in [3.05, 3.63) is 42.4 Å². The summed E-state index contributed by atoms with van der Waals surface area (Å²) in [6.07, 6.45) is 1.15. The molecule has 1 aromatic rings. The molecule has 1 aromatic heterocycles. The van der Waals surface area contributed by atoms with Gasteiger partial charge in [-0.1, -0.05) is 17.8 Å². The van der Waals surface area contributed by atoms with Crippen LogP contribution >= 0.6 is 23.1 Å². The lowest BCUT2D eigenvalue weighted by Gasteiger charge is -2.50. The van der Waals surface area contributed by atoms with Gasteiger partial charge in [-0.3, -0.25) is 14.5 Å². The second kappa shape index (κ2) is 7.84. The lowest BCUT2D eigenvalue weighted by atomic mass is 9.89. The van der Waals surface area contributed by atoms with Crippen LogP contribution in [0.15, 0.2) is 34.5 Å². The van der Waals surface area contributed by atoms with Gasteiger partial charge in [0.15, 0.2) is 16.6 Å². The maximum absolute atomic E-state index is 12.4. The standard InChI is InChI=1S/C15H14N4O5S2.CH3/c1-2-6-4-25-13-7(12(21)19(13)11(6)14(22)23)3-9(20)10(18-24)8-5-26-15(16)17-8;/h2,5,7,13,24H,1,3-4H2,(H2,16,17)(H,22,23);1H3/q;+1/p-1/b18-10-;. The van der Waals surface area contributed by atoms with Crippen LogP contribution in [0, 0.1) is 13.3 Å². The van der Waals surface area contributed by atoms with Gasteiger partial charge < -0.3 is 20.8 Å². The number of amides is 1. The predicted molar refractivity (Wildman–Crippen MR) is 99.7 cm³/mol. The van der Waals surface area contributed by atoms with Gasteiger partial charge in [-0.05, 0) is 5.57 Å². The Morgan fingerprint density at radius 3 is 2.78 bits per heavy atom. The van der Waals surface area contributed by atoms with E-state index in [0.717, 1.165) is 16.2 Å². The summed E-state index contributed by atoms with van der Waals surface area (Å²) in [5.41, 5.74) is 5.55. The van der Waals surface area contributed by atoms with Crippen LogP contribution in [0.2, 0.25) is 0 Å². The molecule has 142 valence electrons. The highest BCUT2D eigenvalue weighted by Gasteiger charge is 2.52. The molecule has 1 amide bonds. The fourth-order valence-corrected chi connectivity index (χ4v) is 4.82. The van der Waals surface area contributed by atoms with Gasteiger partial charge in [0, 0.05) is 25.0 Å². The smallest absolute Gasteiger partial charge is 0.234 e. The zero-order chi connectivity index (χ0) is 19.0. The Balaban J connectivity index is 0.00000261. The number of carbonyl (C=O) groups excluding carboxylic acids is 3. The zero-order valence-corrected chi connectivity index (χ0v) is 15.9. The van der Waals surface area contributed by atoms with Crippen LogP contribution in [0.3, 0.4) is 0 Å². The van der Waals surface area contributed by atoms with E-state index >= 15 is 0 Å². The Hall–Kier alpha value is -2.79. The van der Waals surface area contributed by atoms with Gasteiger partial charge in [-0.2, -0.15) is 0 Å². The van der Waals surface area contributed by atoms with E-state index in [1.165, 1.54) is 23.2 Å². The number of rotatable bonds is 6. The van der Waals surface area contributed by atoms with Crippen LogP contribution in [0.25, 0.3) is 0 Å². The van der Waals surface area contributed by atoms with E-state index in [0.29, 0.717) is 11.3 Å². The van der Waals surface area contributed by atoms with E-state index in [9.17, 15) is 19.5 Å². The minimum Gasteiger partial charge on any atom is -0.543 e. The van der Waals surface area contributed by atoms with Gasteiger partial charge >= 0.3 is 0 Å². The van der Waals surface area contributed by atoms with E-state index < -0.39 is 29.0 Å². The molecule has 0 aliphatic carbocycles. The maximum Gasteiger partial charge on any atom is 0.234 e. The molecule has 3 heterocycles. The lowest BCUT2D eigenvalue weighted by Crippen LogP contribution is -2.63. The summed E-state index contributed by atoms with van der Waals surface area (Å²) >= 11 is 2.42. The topological polar surface area (TPSA) is 149 Å². The molecule has 1 fully saturated rings. The third kappa shape index (κ3) is 3.43. The number of β-lactam (4-membered cyclic amide) rings is 1. The number of carboxylic acids is 1. The molecule has 1 saturated heterocycles. The number of oxime groups is 1. The number of thiazole rings is 1. The molecular weight excluding hydrogens is 392 g/mol. The highest BCUT2D eigenvalue weighted by Crippen LogP contribution is 2.45. The van der Waals surface area contributed by atoms with Crippen molar-refractivity contribution in [1.82, 2.24) is 9.88 Å². The molecule has 0 saturated carbocycles. The Bertz CT molecular complexity index is 876. The van der Waals surface area contributed by atoms with Crippen molar-refractivity contribution in [3.8, 4) is 0 Å². The van der Waals surface area contributed by atoms with Gasteiger partial charge in [0.1, 0.15) is 5.69 Å². The van der Waals surface area contributed by atoms with Crippen molar-refractivity contribution in [1.29, 1.82) is 0 Å². The highest BCUT2D eigenvalue weighted by atomic mass is 32.2. The Labute approximate surface area is 163 Å². The van der Waals surface area contributed by atoms with Crippen molar-refractivity contribution >= 4 is 51.6 Å². The summed E-state index contributed by atoms with van der Waals surface area (Å²) in [4.78, 5) is 41.2. The average Bonchev–Trinajstić information content (AvgIpc) is 3.04. The fourth-order valence-electron chi connectivity index (χ4n) is 2.87. The van der Waals surface area contributed by atoms with Crippen molar-refractivity contribution in [2.45, 2.75) is 11.8 Å². The second-order valence-electron chi connectivity index (χ2n) is 5.53. The molecule has 2 aliphatic heterocycles. The lowest BCUT2D eigenvalue weighted by molar-refractivity contribution is -0.301. The van der Waals surface area contributed by atoms with Gasteiger partial charge in [-0.25, -0.2) is 4.98 Å². The van der Waals surface area contributed by atoms with Crippen LogP contribution in [-0.2, 0) is 14.4 Å². The highest BCUT2D eigenvalue weighted by molar-refractivity contribution is 8.00. The second-order valence-corrected chi connectivity index (χ2v) is 7.52. The molecule has 2 atom stereocenters. The monoisotopic (exact) mass is 408 g/mol. The first-order valence-electron chi connectivity index (χ1n) is 7.37. The van der Waals surface area contributed by atoms with E-state index in [-0.39, 0.29) is 36.1 Å². The number of Topliss-reactive ketones (excluding diaryl/α,β-unsaturated/α-hetero) is 1. The maximum atomic E-state index is 12.4. The van der Waals surface area contributed by atoms with E-state index in [4.69, 9.17) is 10.9 Å². The Kier molecular flexibility index (Phi) is 5.96. The predicted octanol–water partition coefficient (Wildman–Crippen LogP) is 0.0344. The number of hydrogen-bond acceptors (Lipinski definition) is 10. The van der Waals surface area contributed by atoms with E-state index in [1.54, 1.807) is 0 Å². The molecule has 0 spiro atoms. The molecule has 0 bridgehead atoms. The molecule has 9 nitrogen and oxygen atoms in total. The number of nitrogen functional groups attached to an aromatic ring is 1. The summed E-state index contributed by atoms with van der Waals surface area (Å²) in [5, 5.41) is 24.7. The van der Waals surface area contributed by atoms with E-state index in [1.807, 2.05) is 0 Å². The van der Waals surface area contributed by atoms with Crippen LogP contribution in [-0.4, -0.2) is 49.6 Å². The fraction of sp³-hybridized carbons (Fsp3) is 0.250. The normalized spacial score (nSPS) is 21.9. The molecule has 3 N–H and O–H groups in total. The first-order chi connectivity index (χ1) is 12.4. The van der Waals surface area contributed by atoms with Gasteiger partial charge in [0.05, 0.1) is 23.0 Å². The number of ketones is 1. The number of aromatic nitrogens is 1. The molecular formula is C16H16N4O5S2. The van der Waals surface area contributed by atoms with Crippen molar-refractivity contribution in [2.75, 3.05) is 11.5 Å². The molecule has 3 rings (SSSR count). The summed E-state index contributed by atoms with van der Waals surface area (Å²) in [7, 11) is 0. The summed E-state index contributed by atoms with van der Waals surface area (Å²) in [6.45, 7) is 3.55. The number of carboxylic acid groups (broad SMARTS) is 1. The molecule has 2 unspecified atom stereocenters. The third-order valence-corrected chi connectivity index (χ3v) is 6.11. The number of thioether (sulfide) groups is 1. The number of anilines is 1. The zero-order valence-electron chi connectivity index (χ0n) is 14.2. The molecule has 0 radical (unpaired) electrons. The van der Waals surface area contributed by atoms with Crippen LogP contribution in [0.1, 0.15) is 12.1 Å². The number of nitrogens with zero attached hydrogens (tertiary/aromatic N) is 3. The van der Waals surface area contributed by atoms with Gasteiger partial charge in [0.2, 0.25) is 5.91 Å². The van der Waals surface area contributed by atoms with Crippen molar-refractivity contribution < 1.29 is 24.7 Å². The first kappa shape index (κ1) is 20.5. The Morgan fingerprint density at radius 1 is 1.56 bits per heavy atom. The quantitative estimate of drug-likeness (QED) is 0.220. The molecule has 2 aliphatic rings. The van der Waals surface area contributed by atoms with Crippen LogP contribution < -0.4 is 10.8 Å². The van der Waals surface area contributed by atoms with Crippen LogP contribution in [0.5, 0.6) is 0 Å². The third-order valence-electron chi connectivity index (χ3n) is 4.08. The largest absolute Gasteiger partial charge is 0.543 e. The number of aliphatic carboxylic acids is 1. The summed E-state index contributed by atoms with van der Waals surface area (Å²) in [5.74, 6) is -2.91. The number of carbonyl (C=O) groups is 3. The molecule has 0 aromatic carbocycles.